The van der Waals surface area contributed by atoms with Crippen LogP contribution >= 0.6 is 0 Å². The van der Waals surface area contributed by atoms with Crippen LogP contribution in [0.5, 0.6) is 0 Å². The molecule has 1 aliphatic heterocycles. The third-order valence-electron chi connectivity index (χ3n) is 5.53. The predicted octanol–water partition coefficient (Wildman–Crippen LogP) is 2.15. The molecule has 2 heterocycles. The third-order valence-corrected chi connectivity index (χ3v) is 5.53. The third kappa shape index (κ3) is 3.97. The number of aliphatic hydroxyl groups excluding tert-OH is 1. The van der Waals surface area contributed by atoms with Crippen molar-refractivity contribution in [3.05, 3.63) is 71.6 Å². The van der Waals surface area contributed by atoms with Crippen LogP contribution in [-0.2, 0) is 0 Å². The van der Waals surface area contributed by atoms with E-state index in [1.807, 2.05) is 12.1 Å². The summed E-state index contributed by atoms with van der Waals surface area (Å²) in [7, 11) is 0. The Morgan fingerprint density at radius 1 is 1.20 bits per heavy atom. The van der Waals surface area contributed by atoms with Crippen molar-refractivity contribution < 1.29 is 10.2 Å². The molecule has 0 saturated carbocycles. The molecule has 1 aliphatic carbocycles. The number of nitrogens with two attached hydrogens (primary N) is 1. The molecule has 4 rings (SSSR count). The van der Waals surface area contributed by atoms with E-state index in [1.54, 1.807) is 42.6 Å². The van der Waals surface area contributed by atoms with Gasteiger partial charge in [0.05, 0.1) is 24.1 Å². The van der Waals surface area contributed by atoms with Gasteiger partial charge in [0.15, 0.2) is 0 Å². The van der Waals surface area contributed by atoms with Gasteiger partial charge >= 0.3 is 0 Å². The number of rotatable bonds is 4. The SMILES string of the molecule is N=C1C=CC(c2ccnc(N)n2)=C/C1=C(/[O-])c1ccc(N2CCCCC2CO)cc1. The van der Waals surface area contributed by atoms with Crippen LogP contribution in [0.1, 0.15) is 30.5 Å². The van der Waals surface area contributed by atoms with Gasteiger partial charge in [-0.25, -0.2) is 9.97 Å². The van der Waals surface area contributed by atoms with E-state index in [2.05, 4.69) is 14.9 Å². The van der Waals surface area contributed by atoms with Crippen LogP contribution in [0, 0.1) is 5.41 Å². The van der Waals surface area contributed by atoms with Gasteiger partial charge in [0.25, 0.3) is 0 Å². The number of hydrogen-bond donors (Lipinski definition) is 3. The van der Waals surface area contributed by atoms with Gasteiger partial charge in [-0.3, -0.25) is 0 Å². The van der Waals surface area contributed by atoms with Crippen LogP contribution < -0.4 is 15.7 Å². The summed E-state index contributed by atoms with van der Waals surface area (Å²) in [6.45, 7) is 1.03. The quantitative estimate of drug-likeness (QED) is 0.674. The van der Waals surface area contributed by atoms with Gasteiger partial charge in [-0.05, 0) is 60.8 Å². The lowest BCUT2D eigenvalue weighted by Crippen LogP contribution is -2.41. The predicted molar refractivity (Wildman–Crippen MR) is 117 cm³/mol. The topological polar surface area (TPSA) is 122 Å². The number of anilines is 2. The molecule has 2 aromatic rings. The van der Waals surface area contributed by atoms with Gasteiger partial charge in [-0.2, -0.15) is 0 Å². The van der Waals surface area contributed by atoms with Crippen molar-refractivity contribution >= 4 is 28.7 Å². The smallest absolute Gasteiger partial charge is 0.220 e. The highest BCUT2D eigenvalue weighted by atomic mass is 16.3. The first-order valence-electron chi connectivity index (χ1n) is 10.0. The maximum Gasteiger partial charge on any atom is 0.220 e. The van der Waals surface area contributed by atoms with E-state index in [0.29, 0.717) is 22.4 Å². The van der Waals surface area contributed by atoms with E-state index in [0.717, 1.165) is 31.5 Å². The first-order chi connectivity index (χ1) is 14.6. The first-order valence-corrected chi connectivity index (χ1v) is 10.0. The van der Waals surface area contributed by atoms with Crippen molar-refractivity contribution in [2.75, 3.05) is 23.8 Å². The van der Waals surface area contributed by atoms with Gasteiger partial charge in [-0.1, -0.05) is 24.0 Å². The van der Waals surface area contributed by atoms with Gasteiger partial charge in [0, 0.05) is 24.0 Å². The average molecular weight is 402 g/mol. The van der Waals surface area contributed by atoms with Crippen molar-refractivity contribution in [2.45, 2.75) is 25.3 Å². The second-order valence-corrected chi connectivity index (χ2v) is 7.46. The van der Waals surface area contributed by atoms with Gasteiger partial charge in [0.1, 0.15) is 0 Å². The van der Waals surface area contributed by atoms with Crippen molar-refractivity contribution in [3.63, 3.8) is 0 Å². The fraction of sp³-hybridized carbons (Fsp3) is 0.261. The maximum atomic E-state index is 13.1. The normalized spacial score (nSPS) is 20.8. The molecule has 7 heteroatoms. The Labute approximate surface area is 175 Å². The van der Waals surface area contributed by atoms with E-state index in [1.165, 1.54) is 0 Å². The number of aromatic nitrogens is 2. The summed E-state index contributed by atoms with van der Waals surface area (Å²) in [6, 6.07) is 9.25. The molecule has 1 fully saturated rings. The minimum absolute atomic E-state index is 0.122. The number of benzene rings is 1. The number of hydrogen-bond acceptors (Lipinski definition) is 7. The molecule has 1 unspecified atom stereocenters. The number of piperidine rings is 1. The Bertz CT molecular complexity index is 1040. The van der Waals surface area contributed by atoms with Crippen molar-refractivity contribution in [1.82, 2.24) is 9.97 Å². The Morgan fingerprint density at radius 3 is 2.73 bits per heavy atom. The lowest BCUT2D eigenvalue weighted by atomic mass is 9.95. The Kier molecular flexibility index (Phi) is 5.63. The van der Waals surface area contributed by atoms with E-state index in [9.17, 15) is 10.2 Å². The van der Waals surface area contributed by atoms with Gasteiger partial charge < -0.3 is 26.3 Å². The average Bonchev–Trinajstić information content (AvgIpc) is 2.79. The molecule has 2 aliphatic rings. The summed E-state index contributed by atoms with van der Waals surface area (Å²) in [4.78, 5) is 10.3. The Morgan fingerprint density at radius 2 is 2.00 bits per heavy atom. The second-order valence-electron chi connectivity index (χ2n) is 7.46. The number of nitrogens with zero attached hydrogens (tertiary/aromatic N) is 3. The summed E-state index contributed by atoms with van der Waals surface area (Å²) in [5.41, 5.74) is 8.96. The summed E-state index contributed by atoms with van der Waals surface area (Å²) >= 11 is 0. The highest BCUT2D eigenvalue weighted by Gasteiger charge is 2.21. The van der Waals surface area contributed by atoms with Crippen LogP contribution in [0.2, 0.25) is 0 Å². The minimum atomic E-state index is -0.215. The van der Waals surface area contributed by atoms with Crippen LogP contribution in [0.3, 0.4) is 0 Å². The van der Waals surface area contributed by atoms with Crippen molar-refractivity contribution in [2.24, 2.45) is 0 Å². The van der Waals surface area contributed by atoms with Crippen LogP contribution in [-0.4, -0.2) is 40.0 Å². The molecule has 1 saturated heterocycles. The maximum absolute atomic E-state index is 13.1. The first kappa shape index (κ1) is 19.8. The van der Waals surface area contributed by atoms with Crippen LogP contribution in [0.15, 0.2) is 60.3 Å². The molecule has 0 bridgehead atoms. The molecular weight excluding hydrogens is 378 g/mol. The van der Waals surface area contributed by atoms with E-state index in [4.69, 9.17) is 11.1 Å². The monoisotopic (exact) mass is 402 g/mol. The number of nitrogen functional groups attached to an aromatic ring is 1. The molecule has 7 nitrogen and oxygen atoms in total. The molecule has 1 atom stereocenters. The molecule has 1 aromatic heterocycles. The molecule has 0 amide bonds. The molecule has 1 aromatic carbocycles. The zero-order valence-electron chi connectivity index (χ0n) is 16.6. The van der Waals surface area contributed by atoms with Crippen LogP contribution in [0.4, 0.5) is 11.6 Å². The molecule has 0 spiro atoms. The summed E-state index contributed by atoms with van der Waals surface area (Å²) in [6.07, 6.45) is 9.77. The standard InChI is InChI=1S/C23H25N5O2/c24-20-9-6-16(21-10-11-26-23(25)27-21)13-19(20)22(30)15-4-7-17(8-5-15)28-12-2-1-3-18(28)14-29/h4-11,13,18,24,29-30H,1-3,12,14H2,(H2,25,26,27)/p-1/b22-19-,24-20?. The van der Waals surface area contributed by atoms with Gasteiger partial charge in [0.2, 0.25) is 5.95 Å². The summed E-state index contributed by atoms with van der Waals surface area (Å²) in [5, 5.41) is 30.9. The largest absolute Gasteiger partial charge is 0.872 e. The van der Waals surface area contributed by atoms with E-state index >= 15 is 0 Å². The lowest BCUT2D eigenvalue weighted by Gasteiger charge is -2.36. The number of nitrogens with one attached hydrogen (secondary N) is 1. The highest BCUT2D eigenvalue weighted by molar-refractivity contribution is 6.16. The number of allylic oxidation sites excluding steroid dienone is 5. The number of aliphatic hydroxyl groups is 1. The van der Waals surface area contributed by atoms with Crippen molar-refractivity contribution in [1.29, 1.82) is 5.41 Å². The van der Waals surface area contributed by atoms with E-state index in [-0.39, 0.29) is 30.1 Å². The Hall–Kier alpha value is -3.45. The molecule has 30 heavy (non-hydrogen) atoms. The van der Waals surface area contributed by atoms with Crippen LogP contribution in [0.25, 0.3) is 11.3 Å². The Balaban J connectivity index is 1.64. The van der Waals surface area contributed by atoms with Crippen molar-refractivity contribution in [3.8, 4) is 0 Å². The molecular formula is C23H24N5O2-. The minimum Gasteiger partial charge on any atom is -0.872 e. The fourth-order valence-corrected chi connectivity index (χ4v) is 3.92. The summed E-state index contributed by atoms with van der Waals surface area (Å²) < 4.78 is 0. The molecule has 154 valence electrons. The second kappa shape index (κ2) is 8.51. The fourth-order valence-electron chi connectivity index (χ4n) is 3.92. The zero-order valence-corrected chi connectivity index (χ0v) is 16.6. The molecule has 0 radical (unpaired) electrons. The van der Waals surface area contributed by atoms with E-state index < -0.39 is 0 Å². The molecule has 4 N–H and O–H groups in total. The highest BCUT2D eigenvalue weighted by Crippen LogP contribution is 2.28. The van der Waals surface area contributed by atoms with Gasteiger partial charge in [-0.15, -0.1) is 0 Å². The summed E-state index contributed by atoms with van der Waals surface area (Å²) in [5.74, 6) is -0.0578. The lowest BCUT2D eigenvalue weighted by molar-refractivity contribution is -0.244. The zero-order chi connectivity index (χ0) is 21.1.